The average molecular weight is 273 g/mol. The largest absolute Gasteiger partial charge is 0.356 e. The van der Waals surface area contributed by atoms with Gasteiger partial charge in [-0.2, -0.15) is 0 Å². The molecule has 0 spiro atoms. The van der Waals surface area contributed by atoms with Crippen molar-refractivity contribution in [2.75, 3.05) is 5.32 Å². The maximum atomic E-state index is 3.76. The monoisotopic (exact) mass is 273 g/mol. The molecule has 0 fully saturated rings. The second kappa shape index (κ2) is 5.84. The Morgan fingerprint density at radius 1 is 1.10 bits per heavy atom. The number of hydrogen-bond donors (Lipinski definition) is 1. The highest BCUT2D eigenvalue weighted by Gasteiger charge is 2.17. The molecule has 1 aliphatic rings. The molecule has 0 atom stereocenters. The average Bonchev–Trinajstić information content (AvgIpc) is 2.85. The van der Waals surface area contributed by atoms with Crippen LogP contribution >= 0.6 is 0 Å². The third kappa shape index (κ3) is 2.68. The Morgan fingerprint density at radius 2 is 1.90 bits per heavy atom. The van der Waals surface area contributed by atoms with Crippen molar-refractivity contribution in [1.29, 1.82) is 0 Å². The summed E-state index contributed by atoms with van der Waals surface area (Å²) >= 11 is 0. The van der Waals surface area contributed by atoms with Crippen LogP contribution in [0.1, 0.15) is 18.1 Å². The highest BCUT2D eigenvalue weighted by molar-refractivity contribution is 5.78. The number of rotatable bonds is 4. The standard InChI is InChI=1S/C20H19N/c1-3-7-17(8-4-2)21-18-11-12-20-16(14-18)13-15-9-5-6-10-19(15)20/h3-12,14,21H,1,13H2,2H3/b8-4-,17-7+. The molecule has 0 bridgehead atoms. The van der Waals surface area contributed by atoms with Gasteiger partial charge < -0.3 is 5.32 Å². The lowest BCUT2D eigenvalue weighted by Crippen LogP contribution is -1.97. The van der Waals surface area contributed by atoms with Crippen molar-refractivity contribution in [3.8, 4) is 11.1 Å². The van der Waals surface area contributed by atoms with Crippen molar-refractivity contribution in [3.05, 3.63) is 90.2 Å². The topological polar surface area (TPSA) is 12.0 Å². The normalized spacial score (nSPS) is 13.1. The van der Waals surface area contributed by atoms with Crippen molar-refractivity contribution in [1.82, 2.24) is 0 Å². The Labute approximate surface area is 126 Å². The Bertz CT molecular complexity index is 735. The highest BCUT2D eigenvalue weighted by Crippen LogP contribution is 2.37. The van der Waals surface area contributed by atoms with E-state index in [0.29, 0.717) is 0 Å². The first-order valence-electron chi connectivity index (χ1n) is 7.25. The fourth-order valence-corrected chi connectivity index (χ4v) is 2.83. The number of anilines is 1. The SMILES string of the molecule is C=C/C=C(\C=C/C)Nc1ccc2c(c1)Cc1ccccc1-2. The zero-order valence-electron chi connectivity index (χ0n) is 12.3. The molecule has 0 heterocycles. The van der Waals surface area contributed by atoms with Crippen LogP contribution in [0.2, 0.25) is 0 Å². The first kappa shape index (κ1) is 13.4. The zero-order chi connectivity index (χ0) is 14.7. The molecule has 0 saturated carbocycles. The van der Waals surface area contributed by atoms with Crippen molar-refractivity contribution < 1.29 is 0 Å². The molecule has 0 aliphatic heterocycles. The molecule has 1 nitrogen and oxygen atoms in total. The van der Waals surface area contributed by atoms with E-state index in [0.717, 1.165) is 17.8 Å². The maximum Gasteiger partial charge on any atom is 0.0387 e. The van der Waals surface area contributed by atoms with Gasteiger partial charge in [0.25, 0.3) is 0 Å². The van der Waals surface area contributed by atoms with Crippen LogP contribution in [0, 0.1) is 0 Å². The summed E-state index contributed by atoms with van der Waals surface area (Å²) in [7, 11) is 0. The van der Waals surface area contributed by atoms with Gasteiger partial charge in [0.15, 0.2) is 0 Å². The minimum Gasteiger partial charge on any atom is -0.356 e. The Balaban J connectivity index is 1.90. The lowest BCUT2D eigenvalue weighted by molar-refractivity contribution is 1.26. The van der Waals surface area contributed by atoms with Gasteiger partial charge in [-0.15, -0.1) is 0 Å². The van der Waals surface area contributed by atoms with Gasteiger partial charge >= 0.3 is 0 Å². The van der Waals surface area contributed by atoms with Gasteiger partial charge in [0.2, 0.25) is 0 Å². The molecular weight excluding hydrogens is 254 g/mol. The minimum absolute atomic E-state index is 1.02. The van der Waals surface area contributed by atoms with Crippen LogP contribution in [-0.4, -0.2) is 0 Å². The quantitative estimate of drug-likeness (QED) is 0.635. The van der Waals surface area contributed by atoms with E-state index in [9.17, 15) is 0 Å². The van der Waals surface area contributed by atoms with Crippen molar-refractivity contribution in [2.45, 2.75) is 13.3 Å². The predicted octanol–water partition coefficient (Wildman–Crippen LogP) is 5.32. The first-order chi connectivity index (χ1) is 10.3. The molecule has 0 saturated heterocycles. The smallest absolute Gasteiger partial charge is 0.0387 e. The number of benzene rings is 2. The van der Waals surface area contributed by atoms with E-state index in [1.54, 1.807) is 6.08 Å². The summed E-state index contributed by atoms with van der Waals surface area (Å²) in [6.07, 6.45) is 8.86. The fraction of sp³-hybridized carbons (Fsp3) is 0.100. The maximum absolute atomic E-state index is 3.76. The third-order valence-corrected chi connectivity index (χ3v) is 3.73. The summed E-state index contributed by atoms with van der Waals surface area (Å²) in [6.45, 7) is 5.77. The molecule has 0 amide bonds. The molecule has 2 aromatic carbocycles. The van der Waals surface area contributed by atoms with Gasteiger partial charge in [-0.05, 0) is 59.9 Å². The van der Waals surface area contributed by atoms with Crippen LogP contribution in [0.25, 0.3) is 11.1 Å². The Hall–Kier alpha value is -2.54. The molecule has 0 radical (unpaired) electrons. The lowest BCUT2D eigenvalue weighted by Gasteiger charge is -2.09. The summed E-state index contributed by atoms with van der Waals surface area (Å²) in [5, 5.41) is 3.44. The number of hydrogen-bond acceptors (Lipinski definition) is 1. The summed E-state index contributed by atoms with van der Waals surface area (Å²) in [5.41, 5.74) is 7.70. The first-order valence-corrected chi connectivity index (χ1v) is 7.25. The van der Waals surface area contributed by atoms with Crippen LogP contribution < -0.4 is 5.32 Å². The summed E-state index contributed by atoms with van der Waals surface area (Å²) < 4.78 is 0. The lowest BCUT2D eigenvalue weighted by atomic mass is 10.1. The molecule has 1 heteroatoms. The molecule has 0 aromatic heterocycles. The summed E-state index contributed by atoms with van der Waals surface area (Å²) in [4.78, 5) is 0. The molecule has 104 valence electrons. The van der Waals surface area contributed by atoms with Crippen LogP contribution in [0.5, 0.6) is 0 Å². The van der Waals surface area contributed by atoms with E-state index in [4.69, 9.17) is 0 Å². The van der Waals surface area contributed by atoms with Crippen molar-refractivity contribution in [2.24, 2.45) is 0 Å². The van der Waals surface area contributed by atoms with E-state index in [1.165, 1.54) is 22.3 Å². The number of fused-ring (bicyclic) bond motifs is 3. The van der Waals surface area contributed by atoms with Crippen LogP contribution in [0.15, 0.2) is 79.0 Å². The van der Waals surface area contributed by atoms with Crippen molar-refractivity contribution >= 4 is 5.69 Å². The molecule has 1 aliphatic carbocycles. The molecule has 0 unspecified atom stereocenters. The molecule has 1 N–H and O–H groups in total. The van der Waals surface area contributed by atoms with Gasteiger partial charge in [0.05, 0.1) is 0 Å². The van der Waals surface area contributed by atoms with E-state index in [-0.39, 0.29) is 0 Å². The zero-order valence-corrected chi connectivity index (χ0v) is 12.3. The van der Waals surface area contributed by atoms with Gasteiger partial charge in [0.1, 0.15) is 0 Å². The van der Waals surface area contributed by atoms with E-state index in [2.05, 4.69) is 54.4 Å². The summed E-state index contributed by atoms with van der Waals surface area (Å²) in [5.74, 6) is 0. The van der Waals surface area contributed by atoms with Gasteiger partial charge in [-0.3, -0.25) is 0 Å². The predicted molar refractivity (Wildman–Crippen MR) is 91.4 cm³/mol. The van der Waals surface area contributed by atoms with E-state index in [1.807, 2.05) is 25.2 Å². The van der Waals surface area contributed by atoms with Crippen LogP contribution in [0.3, 0.4) is 0 Å². The Kier molecular flexibility index (Phi) is 3.74. The molecule has 2 aromatic rings. The van der Waals surface area contributed by atoms with Crippen molar-refractivity contribution in [3.63, 3.8) is 0 Å². The summed E-state index contributed by atoms with van der Waals surface area (Å²) in [6, 6.07) is 15.2. The Morgan fingerprint density at radius 3 is 2.71 bits per heavy atom. The minimum atomic E-state index is 1.02. The molecule has 21 heavy (non-hydrogen) atoms. The third-order valence-electron chi connectivity index (χ3n) is 3.73. The van der Waals surface area contributed by atoms with Crippen LogP contribution in [-0.2, 0) is 6.42 Å². The van der Waals surface area contributed by atoms with Gasteiger partial charge in [-0.25, -0.2) is 0 Å². The molecule has 3 rings (SSSR count). The van der Waals surface area contributed by atoms with E-state index >= 15 is 0 Å². The highest BCUT2D eigenvalue weighted by atomic mass is 14.9. The number of allylic oxidation sites excluding steroid dienone is 4. The fourth-order valence-electron chi connectivity index (χ4n) is 2.83. The second-order valence-electron chi connectivity index (χ2n) is 5.19. The van der Waals surface area contributed by atoms with E-state index < -0.39 is 0 Å². The number of nitrogens with one attached hydrogen (secondary N) is 1. The van der Waals surface area contributed by atoms with Gasteiger partial charge in [0, 0.05) is 11.4 Å². The second-order valence-corrected chi connectivity index (χ2v) is 5.19. The van der Waals surface area contributed by atoms with Crippen LogP contribution in [0.4, 0.5) is 5.69 Å². The van der Waals surface area contributed by atoms with Gasteiger partial charge in [-0.1, -0.05) is 49.1 Å². The molecular formula is C20H19N.